The molecule has 4 nitrogen and oxygen atoms in total. The number of aryl methyl sites for hydroxylation is 2. The zero-order valence-corrected chi connectivity index (χ0v) is 12.5. The molecule has 3 N–H and O–H groups in total. The summed E-state index contributed by atoms with van der Waals surface area (Å²) in [6.45, 7) is 5.93. The van der Waals surface area contributed by atoms with Gasteiger partial charge in [-0.25, -0.2) is 13.1 Å². The van der Waals surface area contributed by atoms with Crippen LogP contribution in [0.2, 0.25) is 0 Å². The van der Waals surface area contributed by atoms with Gasteiger partial charge in [-0.15, -0.1) is 0 Å². The molecule has 0 aromatic heterocycles. The highest BCUT2D eigenvalue weighted by atomic mass is 32.2. The SMILES string of the molecule is CCCC1CC1NS(=O)(=O)c1cc(C)c(C)cc1N. The van der Waals surface area contributed by atoms with Crippen molar-refractivity contribution in [3.05, 3.63) is 23.3 Å². The fourth-order valence-corrected chi connectivity index (χ4v) is 3.90. The number of nitrogens with one attached hydrogen (secondary N) is 1. The van der Waals surface area contributed by atoms with E-state index < -0.39 is 10.0 Å². The lowest BCUT2D eigenvalue weighted by Gasteiger charge is -2.11. The minimum Gasteiger partial charge on any atom is -0.398 e. The summed E-state index contributed by atoms with van der Waals surface area (Å²) < 4.78 is 27.4. The van der Waals surface area contributed by atoms with Gasteiger partial charge >= 0.3 is 0 Å². The van der Waals surface area contributed by atoms with Gasteiger partial charge in [-0.1, -0.05) is 13.3 Å². The first-order valence-electron chi connectivity index (χ1n) is 6.74. The van der Waals surface area contributed by atoms with E-state index in [0.717, 1.165) is 30.4 Å². The van der Waals surface area contributed by atoms with Gasteiger partial charge in [0.2, 0.25) is 10.0 Å². The Morgan fingerprint density at radius 3 is 2.58 bits per heavy atom. The molecule has 0 spiro atoms. The van der Waals surface area contributed by atoms with Crippen LogP contribution in [0.5, 0.6) is 0 Å². The van der Waals surface area contributed by atoms with Crippen LogP contribution in [0.25, 0.3) is 0 Å². The van der Waals surface area contributed by atoms with Gasteiger partial charge in [-0.05, 0) is 55.9 Å². The molecule has 0 aliphatic heterocycles. The molecular formula is C14H22N2O2S. The number of benzene rings is 1. The number of rotatable bonds is 5. The Morgan fingerprint density at radius 1 is 1.32 bits per heavy atom. The van der Waals surface area contributed by atoms with Crippen molar-refractivity contribution in [1.82, 2.24) is 4.72 Å². The molecule has 1 fully saturated rings. The molecule has 1 aromatic carbocycles. The Bertz CT molecular complexity index is 581. The van der Waals surface area contributed by atoms with Crippen molar-refractivity contribution in [2.45, 2.75) is 51.0 Å². The van der Waals surface area contributed by atoms with Crippen molar-refractivity contribution in [2.75, 3.05) is 5.73 Å². The van der Waals surface area contributed by atoms with Gasteiger partial charge < -0.3 is 5.73 Å². The van der Waals surface area contributed by atoms with E-state index in [0.29, 0.717) is 11.6 Å². The zero-order valence-electron chi connectivity index (χ0n) is 11.7. The smallest absolute Gasteiger partial charge is 0.242 e. The number of nitrogens with two attached hydrogens (primary N) is 1. The van der Waals surface area contributed by atoms with Gasteiger partial charge in [-0.2, -0.15) is 0 Å². The van der Waals surface area contributed by atoms with E-state index in [2.05, 4.69) is 11.6 Å². The largest absolute Gasteiger partial charge is 0.398 e. The molecule has 0 radical (unpaired) electrons. The van der Waals surface area contributed by atoms with Crippen LogP contribution in [0, 0.1) is 19.8 Å². The topological polar surface area (TPSA) is 72.2 Å². The van der Waals surface area contributed by atoms with E-state index in [-0.39, 0.29) is 10.9 Å². The second-order valence-electron chi connectivity index (χ2n) is 5.49. The molecule has 106 valence electrons. The van der Waals surface area contributed by atoms with Gasteiger partial charge in [0.25, 0.3) is 0 Å². The summed E-state index contributed by atoms with van der Waals surface area (Å²) in [5.74, 6) is 0.493. The highest BCUT2D eigenvalue weighted by Gasteiger charge is 2.39. The monoisotopic (exact) mass is 282 g/mol. The van der Waals surface area contributed by atoms with Crippen LogP contribution in [0.3, 0.4) is 0 Å². The number of nitrogen functional groups attached to an aromatic ring is 1. The third kappa shape index (κ3) is 3.09. The number of hydrogen-bond acceptors (Lipinski definition) is 3. The summed E-state index contributed by atoms with van der Waals surface area (Å²) in [5, 5.41) is 0. The Hall–Kier alpha value is -1.07. The van der Waals surface area contributed by atoms with Gasteiger partial charge in [0.05, 0.1) is 5.69 Å². The second kappa shape index (κ2) is 5.13. The van der Waals surface area contributed by atoms with Crippen LogP contribution >= 0.6 is 0 Å². The van der Waals surface area contributed by atoms with Crippen LogP contribution in [0.4, 0.5) is 5.69 Å². The summed E-state index contributed by atoms with van der Waals surface area (Å²) >= 11 is 0. The fourth-order valence-electron chi connectivity index (χ4n) is 2.39. The minimum atomic E-state index is -3.49. The van der Waals surface area contributed by atoms with Crippen LogP contribution in [-0.4, -0.2) is 14.5 Å². The number of sulfonamides is 1. The standard InChI is InChI=1S/C14H22N2O2S/c1-4-5-11-8-13(11)16-19(17,18)14-7-10(3)9(2)6-12(14)15/h6-7,11,13,16H,4-5,8,15H2,1-3H3. The van der Waals surface area contributed by atoms with Gasteiger partial charge in [0.1, 0.15) is 4.90 Å². The first kappa shape index (κ1) is 14.3. The van der Waals surface area contributed by atoms with Gasteiger partial charge in [0, 0.05) is 6.04 Å². The third-order valence-corrected chi connectivity index (χ3v) is 5.35. The molecule has 2 unspecified atom stereocenters. The normalized spacial score (nSPS) is 22.5. The molecule has 0 saturated heterocycles. The molecule has 1 aliphatic rings. The Morgan fingerprint density at radius 2 is 1.95 bits per heavy atom. The van der Waals surface area contributed by atoms with Gasteiger partial charge in [0.15, 0.2) is 0 Å². The molecule has 5 heteroatoms. The van der Waals surface area contributed by atoms with Crippen LogP contribution in [-0.2, 0) is 10.0 Å². The lowest BCUT2D eigenvalue weighted by Crippen LogP contribution is -2.28. The third-order valence-electron chi connectivity index (χ3n) is 3.80. The Labute approximate surface area is 115 Å². The first-order valence-corrected chi connectivity index (χ1v) is 8.22. The predicted molar refractivity (Wildman–Crippen MR) is 77.5 cm³/mol. The van der Waals surface area contributed by atoms with E-state index >= 15 is 0 Å². The molecule has 19 heavy (non-hydrogen) atoms. The van der Waals surface area contributed by atoms with Crippen molar-refractivity contribution in [3.63, 3.8) is 0 Å². The molecule has 1 saturated carbocycles. The average Bonchev–Trinajstić information content (AvgIpc) is 3.01. The summed E-state index contributed by atoms with van der Waals surface area (Å²) in [6.07, 6.45) is 3.11. The number of anilines is 1. The van der Waals surface area contributed by atoms with E-state index in [1.807, 2.05) is 13.8 Å². The van der Waals surface area contributed by atoms with E-state index in [1.165, 1.54) is 0 Å². The molecule has 0 bridgehead atoms. The zero-order chi connectivity index (χ0) is 14.2. The van der Waals surface area contributed by atoms with E-state index in [4.69, 9.17) is 5.73 Å². The molecule has 0 heterocycles. The summed E-state index contributed by atoms with van der Waals surface area (Å²) in [7, 11) is -3.49. The summed E-state index contributed by atoms with van der Waals surface area (Å²) in [6, 6.07) is 3.47. The van der Waals surface area contributed by atoms with E-state index in [1.54, 1.807) is 12.1 Å². The summed E-state index contributed by atoms with van der Waals surface area (Å²) in [5.41, 5.74) is 8.12. The minimum absolute atomic E-state index is 0.0889. The molecule has 1 aromatic rings. The van der Waals surface area contributed by atoms with Gasteiger partial charge in [-0.3, -0.25) is 0 Å². The maximum Gasteiger partial charge on any atom is 0.242 e. The highest BCUT2D eigenvalue weighted by Crippen LogP contribution is 2.36. The lowest BCUT2D eigenvalue weighted by atomic mass is 10.1. The average molecular weight is 282 g/mol. The van der Waals surface area contributed by atoms with Crippen molar-refractivity contribution in [3.8, 4) is 0 Å². The lowest BCUT2D eigenvalue weighted by molar-refractivity contribution is 0.573. The molecular weight excluding hydrogens is 260 g/mol. The Balaban J connectivity index is 2.19. The fraction of sp³-hybridized carbons (Fsp3) is 0.571. The van der Waals surface area contributed by atoms with Crippen molar-refractivity contribution < 1.29 is 8.42 Å². The number of hydrogen-bond donors (Lipinski definition) is 2. The van der Waals surface area contributed by atoms with Crippen molar-refractivity contribution in [2.24, 2.45) is 5.92 Å². The highest BCUT2D eigenvalue weighted by molar-refractivity contribution is 7.89. The maximum absolute atomic E-state index is 12.3. The predicted octanol–water partition coefficient (Wildman–Crippen LogP) is 2.35. The van der Waals surface area contributed by atoms with Crippen molar-refractivity contribution >= 4 is 15.7 Å². The summed E-state index contributed by atoms with van der Waals surface area (Å²) in [4.78, 5) is 0.206. The quantitative estimate of drug-likeness (QED) is 0.814. The first-order chi connectivity index (χ1) is 8.85. The van der Waals surface area contributed by atoms with Crippen LogP contribution < -0.4 is 10.5 Å². The molecule has 2 rings (SSSR count). The van der Waals surface area contributed by atoms with Crippen LogP contribution in [0.15, 0.2) is 17.0 Å². The molecule has 0 amide bonds. The maximum atomic E-state index is 12.3. The van der Waals surface area contributed by atoms with Crippen LogP contribution in [0.1, 0.15) is 37.3 Å². The second-order valence-corrected chi connectivity index (χ2v) is 7.17. The van der Waals surface area contributed by atoms with Crippen molar-refractivity contribution in [1.29, 1.82) is 0 Å². The molecule has 1 aliphatic carbocycles. The Kier molecular flexibility index (Phi) is 3.87. The van der Waals surface area contributed by atoms with E-state index in [9.17, 15) is 8.42 Å². The molecule has 2 atom stereocenters.